The van der Waals surface area contributed by atoms with Crippen molar-refractivity contribution in [3.63, 3.8) is 0 Å². The third kappa shape index (κ3) is 3.80. The molecule has 1 fully saturated rings. The fourth-order valence-electron chi connectivity index (χ4n) is 3.64. The summed E-state index contributed by atoms with van der Waals surface area (Å²) in [4.78, 5) is 13.7. The molecule has 0 saturated carbocycles. The number of nitrogens with two attached hydrogens (primary N) is 1. The average Bonchev–Trinajstić information content (AvgIpc) is 3.20. The Kier molecular flexibility index (Phi) is 5.16. The maximum absolute atomic E-state index is 13.4. The smallest absolute Gasteiger partial charge is 0.247 e. The van der Waals surface area contributed by atoms with Crippen molar-refractivity contribution < 1.29 is 13.6 Å². The molecule has 6 nitrogen and oxygen atoms in total. The van der Waals surface area contributed by atoms with Gasteiger partial charge in [0.15, 0.2) is 0 Å². The lowest BCUT2D eigenvalue weighted by Gasteiger charge is -2.35. The molecule has 2 N–H and O–H groups in total. The van der Waals surface area contributed by atoms with E-state index in [-0.39, 0.29) is 23.7 Å². The molecule has 1 unspecified atom stereocenters. The van der Waals surface area contributed by atoms with Gasteiger partial charge in [-0.1, -0.05) is 30.3 Å². The topological polar surface area (TPSA) is 85.3 Å². The number of halogens is 1. The molecule has 3 aromatic rings. The minimum atomic E-state index is -0.306. The molecule has 28 heavy (non-hydrogen) atoms. The average molecular weight is 380 g/mol. The quantitative estimate of drug-likeness (QED) is 0.735. The molecule has 0 radical (unpaired) electrons. The second kappa shape index (κ2) is 7.90. The van der Waals surface area contributed by atoms with E-state index in [0.29, 0.717) is 37.7 Å². The molecule has 1 aliphatic rings. The lowest BCUT2D eigenvalue weighted by Crippen LogP contribution is -2.40. The summed E-state index contributed by atoms with van der Waals surface area (Å²) in [5.74, 6) is 0.206. The summed E-state index contributed by atoms with van der Waals surface area (Å²) in [7, 11) is 0. The third-order valence-corrected chi connectivity index (χ3v) is 5.18. The van der Waals surface area contributed by atoms with Crippen molar-refractivity contribution in [2.24, 2.45) is 11.7 Å². The molecule has 2 aromatic carbocycles. The van der Waals surface area contributed by atoms with Crippen LogP contribution in [0.2, 0.25) is 0 Å². The van der Waals surface area contributed by atoms with Crippen LogP contribution in [-0.4, -0.2) is 34.1 Å². The Morgan fingerprint density at radius 1 is 1.07 bits per heavy atom. The zero-order valence-electron chi connectivity index (χ0n) is 15.3. The van der Waals surface area contributed by atoms with E-state index < -0.39 is 0 Å². The summed E-state index contributed by atoms with van der Waals surface area (Å²) in [5.41, 5.74) is 7.16. The van der Waals surface area contributed by atoms with Crippen LogP contribution in [0.5, 0.6) is 0 Å². The van der Waals surface area contributed by atoms with Crippen molar-refractivity contribution >= 4 is 5.91 Å². The molecular weight excluding hydrogens is 359 g/mol. The van der Waals surface area contributed by atoms with Gasteiger partial charge < -0.3 is 10.2 Å². The highest BCUT2D eigenvalue weighted by atomic mass is 19.1. The van der Waals surface area contributed by atoms with E-state index >= 15 is 0 Å². The van der Waals surface area contributed by atoms with Crippen molar-refractivity contribution in [1.29, 1.82) is 0 Å². The van der Waals surface area contributed by atoms with Gasteiger partial charge in [0, 0.05) is 11.5 Å². The van der Waals surface area contributed by atoms with Gasteiger partial charge in [-0.15, -0.1) is 10.2 Å². The molecular formula is C21H21FN4O2. The van der Waals surface area contributed by atoms with Gasteiger partial charge in [0.25, 0.3) is 0 Å². The van der Waals surface area contributed by atoms with Crippen molar-refractivity contribution in [3.05, 3.63) is 71.9 Å². The molecule has 0 spiro atoms. The fourth-order valence-corrected chi connectivity index (χ4v) is 3.64. The first-order valence-electron chi connectivity index (χ1n) is 9.29. The first-order valence-corrected chi connectivity index (χ1v) is 9.29. The zero-order valence-corrected chi connectivity index (χ0v) is 15.3. The first kappa shape index (κ1) is 18.3. The number of aromatic nitrogens is 2. The van der Waals surface area contributed by atoms with Crippen LogP contribution < -0.4 is 5.73 Å². The molecule has 7 heteroatoms. The number of carbonyl (C=O) groups excluding carboxylic acids is 1. The Balaban J connectivity index is 1.65. The largest absolute Gasteiger partial charge is 0.419 e. The second-order valence-corrected chi connectivity index (χ2v) is 6.98. The Bertz CT molecular complexity index is 935. The van der Waals surface area contributed by atoms with Crippen LogP contribution in [0, 0.1) is 11.7 Å². The van der Waals surface area contributed by atoms with Crippen LogP contribution in [0.1, 0.15) is 30.3 Å². The van der Waals surface area contributed by atoms with Gasteiger partial charge in [-0.3, -0.25) is 9.69 Å². The number of nitrogens with zero attached hydrogens (tertiary/aromatic N) is 3. The molecule has 1 aromatic heterocycles. The van der Waals surface area contributed by atoms with E-state index in [1.807, 2.05) is 30.3 Å². The number of benzene rings is 2. The van der Waals surface area contributed by atoms with Gasteiger partial charge in [0.05, 0.1) is 0 Å². The van der Waals surface area contributed by atoms with Crippen molar-refractivity contribution in [1.82, 2.24) is 15.1 Å². The number of hydrogen-bond acceptors (Lipinski definition) is 5. The molecule has 1 saturated heterocycles. The Morgan fingerprint density at radius 3 is 2.39 bits per heavy atom. The molecule has 0 bridgehead atoms. The number of hydrogen-bond donors (Lipinski definition) is 1. The molecule has 2 heterocycles. The second-order valence-electron chi connectivity index (χ2n) is 6.98. The number of rotatable bonds is 5. The molecule has 144 valence electrons. The SMILES string of the molecule is NC(=O)C1CCN(C(c2ccc(F)cc2)c2nnc(-c3ccccc3)o2)CC1. The van der Waals surface area contributed by atoms with Crippen LogP contribution in [0.3, 0.4) is 0 Å². The Morgan fingerprint density at radius 2 is 1.75 bits per heavy atom. The number of carbonyl (C=O) groups is 1. The summed E-state index contributed by atoms with van der Waals surface area (Å²) in [6.07, 6.45) is 1.35. The van der Waals surface area contributed by atoms with Crippen LogP contribution in [-0.2, 0) is 4.79 Å². The van der Waals surface area contributed by atoms with Crippen molar-refractivity contribution in [3.8, 4) is 11.5 Å². The molecule has 1 amide bonds. The summed E-state index contributed by atoms with van der Waals surface area (Å²) in [6, 6.07) is 15.5. The monoisotopic (exact) mass is 380 g/mol. The molecule has 4 rings (SSSR count). The van der Waals surface area contributed by atoms with Gasteiger partial charge in [-0.2, -0.15) is 0 Å². The lowest BCUT2D eigenvalue weighted by molar-refractivity contribution is -0.123. The van der Waals surface area contributed by atoms with Gasteiger partial charge >= 0.3 is 0 Å². The van der Waals surface area contributed by atoms with Gasteiger partial charge in [0.2, 0.25) is 17.7 Å². The van der Waals surface area contributed by atoms with Crippen LogP contribution in [0.4, 0.5) is 4.39 Å². The summed E-state index contributed by atoms with van der Waals surface area (Å²) >= 11 is 0. The highest BCUT2D eigenvalue weighted by molar-refractivity contribution is 5.76. The molecule has 0 aliphatic carbocycles. The number of piperidine rings is 1. The zero-order chi connectivity index (χ0) is 19.5. The fraction of sp³-hybridized carbons (Fsp3) is 0.286. The minimum Gasteiger partial charge on any atom is -0.419 e. The maximum atomic E-state index is 13.4. The summed E-state index contributed by atoms with van der Waals surface area (Å²) in [6.45, 7) is 1.33. The highest BCUT2D eigenvalue weighted by Gasteiger charge is 2.32. The van der Waals surface area contributed by atoms with E-state index in [2.05, 4.69) is 15.1 Å². The highest BCUT2D eigenvalue weighted by Crippen LogP contribution is 2.33. The predicted molar refractivity (Wildman–Crippen MR) is 101 cm³/mol. The maximum Gasteiger partial charge on any atom is 0.247 e. The van der Waals surface area contributed by atoms with E-state index in [0.717, 1.165) is 11.1 Å². The summed E-state index contributed by atoms with van der Waals surface area (Å²) in [5, 5.41) is 8.47. The van der Waals surface area contributed by atoms with Gasteiger partial charge in [-0.25, -0.2) is 4.39 Å². The standard InChI is InChI=1S/C21H21FN4O2/c22-17-8-6-14(7-9-17)18(26-12-10-15(11-13-26)19(23)27)21-25-24-20(28-21)16-4-2-1-3-5-16/h1-9,15,18H,10-13H2,(H2,23,27). The van der Waals surface area contributed by atoms with Gasteiger partial charge in [-0.05, 0) is 55.8 Å². The predicted octanol–water partition coefficient (Wildman–Crippen LogP) is 3.16. The third-order valence-electron chi connectivity index (χ3n) is 5.18. The summed E-state index contributed by atoms with van der Waals surface area (Å²) < 4.78 is 19.4. The molecule has 1 aliphatic heterocycles. The van der Waals surface area contributed by atoms with Crippen LogP contribution in [0.25, 0.3) is 11.5 Å². The normalized spacial score (nSPS) is 16.8. The minimum absolute atomic E-state index is 0.118. The van der Waals surface area contributed by atoms with Crippen molar-refractivity contribution in [2.75, 3.05) is 13.1 Å². The van der Waals surface area contributed by atoms with Crippen LogP contribution in [0.15, 0.2) is 59.0 Å². The van der Waals surface area contributed by atoms with E-state index in [1.165, 1.54) is 12.1 Å². The number of likely N-dealkylation sites (tertiary alicyclic amines) is 1. The van der Waals surface area contributed by atoms with Crippen molar-refractivity contribution in [2.45, 2.75) is 18.9 Å². The van der Waals surface area contributed by atoms with E-state index in [4.69, 9.17) is 10.2 Å². The Labute approximate surface area is 162 Å². The number of primary amides is 1. The van der Waals surface area contributed by atoms with Crippen LogP contribution >= 0.6 is 0 Å². The van der Waals surface area contributed by atoms with Gasteiger partial charge in [0.1, 0.15) is 11.9 Å². The van der Waals surface area contributed by atoms with E-state index in [9.17, 15) is 9.18 Å². The number of amides is 1. The lowest BCUT2D eigenvalue weighted by atomic mass is 9.93. The molecule has 1 atom stereocenters. The Hall–Kier alpha value is -3.06. The first-order chi connectivity index (χ1) is 13.6. The van der Waals surface area contributed by atoms with E-state index in [1.54, 1.807) is 12.1 Å².